The van der Waals surface area contributed by atoms with Crippen LogP contribution in [-0.4, -0.2) is 34.4 Å². The maximum atomic E-state index is 12.5. The Hall–Kier alpha value is -1.91. The topological polar surface area (TPSA) is 53.5 Å². The summed E-state index contributed by atoms with van der Waals surface area (Å²) in [6, 6.07) is 1.51. The van der Waals surface area contributed by atoms with Crippen molar-refractivity contribution in [3.63, 3.8) is 0 Å². The molecule has 0 spiro atoms. The Bertz CT molecular complexity index is 592. The van der Waals surface area contributed by atoms with Crippen LogP contribution in [0.2, 0.25) is 0 Å². The number of aromatic nitrogens is 1. The Labute approximate surface area is 123 Å². The van der Waals surface area contributed by atoms with Gasteiger partial charge in [0.1, 0.15) is 11.9 Å². The molecule has 3 aliphatic rings. The van der Waals surface area contributed by atoms with Crippen molar-refractivity contribution in [3.05, 3.63) is 23.4 Å². The smallest absolute Gasteiger partial charge is 0.312 e. The van der Waals surface area contributed by atoms with Crippen LogP contribution >= 0.6 is 0 Å². The molecule has 0 N–H and O–H groups in total. The van der Waals surface area contributed by atoms with Crippen LogP contribution in [0, 0.1) is 0 Å². The number of hydrogen-bond acceptors (Lipinski definition) is 3. The van der Waals surface area contributed by atoms with Crippen molar-refractivity contribution >= 4 is 17.8 Å². The molecule has 0 aromatic carbocycles. The van der Waals surface area contributed by atoms with Crippen molar-refractivity contribution in [1.29, 1.82) is 0 Å². The normalized spacial score (nSPS) is 25.0. The summed E-state index contributed by atoms with van der Waals surface area (Å²) in [5, 5.41) is 0. The first kappa shape index (κ1) is 12.8. The van der Waals surface area contributed by atoms with E-state index in [-0.39, 0.29) is 18.0 Å². The summed E-state index contributed by atoms with van der Waals surface area (Å²) in [6.45, 7) is 0.691. The lowest BCUT2D eigenvalue weighted by Gasteiger charge is -2.16. The number of pyridine rings is 1. The predicted octanol–water partition coefficient (Wildman–Crippen LogP) is 2.28. The number of anilines is 1. The molecule has 5 nitrogen and oxygen atoms in total. The van der Waals surface area contributed by atoms with Crippen molar-refractivity contribution in [3.8, 4) is 0 Å². The van der Waals surface area contributed by atoms with Gasteiger partial charge in [0.05, 0.1) is 0 Å². The number of hydrogen-bond donors (Lipinski definition) is 0. The fourth-order valence-corrected chi connectivity index (χ4v) is 3.74. The predicted molar refractivity (Wildman–Crippen MR) is 78.1 cm³/mol. The molecule has 21 heavy (non-hydrogen) atoms. The van der Waals surface area contributed by atoms with Gasteiger partial charge in [-0.15, -0.1) is 0 Å². The molecule has 1 aromatic heterocycles. The lowest BCUT2D eigenvalue weighted by atomic mass is 10.1. The number of amides is 3. The molecule has 0 bridgehead atoms. The van der Waals surface area contributed by atoms with Gasteiger partial charge < -0.3 is 4.90 Å². The van der Waals surface area contributed by atoms with Crippen LogP contribution in [0.1, 0.15) is 43.2 Å². The van der Waals surface area contributed by atoms with Gasteiger partial charge in [-0.05, 0) is 55.7 Å². The summed E-state index contributed by atoms with van der Waals surface area (Å²) in [7, 11) is 0. The minimum Gasteiger partial charge on any atom is -0.312 e. The third-order valence-corrected chi connectivity index (χ3v) is 4.89. The van der Waals surface area contributed by atoms with Crippen molar-refractivity contribution in [2.45, 2.75) is 51.0 Å². The second kappa shape index (κ2) is 4.83. The summed E-state index contributed by atoms with van der Waals surface area (Å²) >= 11 is 0. The van der Waals surface area contributed by atoms with Gasteiger partial charge in [0.15, 0.2) is 0 Å². The van der Waals surface area contributed by atoms with Gasteiger partial charge in [-0.25, -0.2) is 14.7 Å². The highest BCUT2D eigenvalue weighted by molar-refractivity contribution is 6.21. The molecule has 2 aliphatic heterocycles. The number of carbonyl (C=O) groups excluding carboxylic acids is 2. The minimum absolute atomic E-state index is 0.0985. The summed E-state index contributed by atoms with van der Waals surface area (Å²) in [6.07, 6.45) is 9.26. The van der Waals surface area contributed by atoms with Crippen LogP contribution < -0.4 is 4.90 Å². The van der Waals surface area contributed by atoms with Gasteiger partial charge >= 0.3 is 6.03 Å². The molecule has 0 unspecified atom stereocenters. The molecular formula is C16H19N3O2. The van der Waals surface area contributed by atoms with Gasteiger partial charge in [0.25, 0.3) is 5.91 Å². The number of carbonyl (C=O) groups is 2. The van der Waals surface area contributed by atoms with E-state index in [0.29, 0.717) is 12.4 Å². The average Bonchev–Trinajstić information content (AvgIpc) is 2.96. The summed E-state index contributed by atoms with van der Waals surface area (Å²) in [5.41, 5.74) is 2.53. The Morgan fingerprint density at radius 3 is 2.67 bits per heavy atom. The molecule has 110 valence electrons. The van der Waals surface area contributed by atoms with Crippen molar-refractivity contribution < 1.29 is 9.59 Å². The number of imide groups is 1. The van der Waals surface area contributed by atoms with Crippen molar-refractivity contribution in [2.24, 2.45) is 0 Å². The number of fused-ring (bicyclic) bond motifs is 2. The van der Waals surface area contributed by atoms with E-state index in [4.69, 9.17) is 0 Å². The second-order valence-corrected chi connectivity index (χ2v) is 6.18. The molecule has 4 rings (SSSR count). The second-order valence-electron chi connectivity index (χ2n) is 6.18. The SMILES string of the molecule is O=C1[C@H]2CCCN2C(=O)N1c1cc2c(cn1)CCCCC2. The lowest BCUT2D eigenvalue weighted by Crippen LogP contribution is -2.33. The molecule has 1 aliphatic carbocycles. The summed E-state index contributed by atoms with van der Waals surface area (Å²) < 4.78 is 0. The van der Waals surface area contributed by atoms with E-state index in [9.17, 15) is 9.59 Å². The molecule has 0 saturated carbocycles. The molecule has 0 radical (unpaired) electrons. The zero-order valence-corrected chi connectivity index (χ0v) is 12.0. The molecule has 2 fully saturated rings. The largest absolute Gasteiger partial charge is 0.333 e. The highest BCUT2D eigenvalue weighted by Crippen LogP contribution is 2.32. The van der Waals surface area contributed by atoms with E-state index >= 15 is 0 Å². The average molecular weight is 285 g/mol. The third-order valence-electron chi connectivity index (χ3n) is 4.89. The number of urea groups is 1. The first-order valence-electron chi connectivity index (χ1n) is 7.88. The number of aryl methyl sites for hydroxylation is 2. The van der Waals surface area contributed by atoms with Crippen LogP contribution in [0.15, 0.2) is 12.3 Å². The van der Waals surface area contributed by atoms with Crippen LogP contribution in [-0.2, 0) is 17.6 Å². The highest BCUT2D eigenvalue weighted by Gasteiger charge is 2.48. The lowest BCUT2D eigenvalue weighted by molar-refractivity contribution is -0.119. The molecule has 5 heteroatoms. The van der Waals surface area contributed by atoms with E-state index in [1.54, 1.807) is 4.90 Å². The standard InChI is InChI=1S/C16H19N3O2/c20-15-13-7-4-8-18(13)16(21)19(15)14-9-11-5-2-1-3-6-12(11)10-17-14/h9-10,13H,1-8H2/t13-/m1/s1. The van der Waals surface area contributed by atoms with Gasteiger partial charge in [0.2, 0.25) is 0 Å². The molecule has 2 saturated heterocycles. The zero-order chi connectivity index (χ0) is 14.4. The fraction of sp³-hybridized carbons (Fsp3) is 0.562. The maximum Gasteiger partial charge on any atom is 0.333 e. The summed E-state index contributed by atoms with van der Waals surface area (Å²) in [4.78, 5) is 32.3. The van der Waals surface area contributed by atoms with E-state index in [1.165, 1.54) is 35.3 Å². The van der Waals surface area contributed by atoms with Crippen LogP contribution in [0.3, 0.4) is 0 Å². The Morgan fingerprint density at radius 2 is 1.86 bits per heavy atom. The van der Waals surface area contributed by atoms with Gasteiger partial charge in [-0.2, -0.15) is 0 Å². The van der Waals surface area contributed by atoms with Crippen LogP contribution in [0.4, 0.5) is 10.6 Å². The monoisotopic (exact) mass is 285 g/mol. The van der Waals surface area contributed by atoms with E-state index in [1.807, 2.05) is 12.3 Å². The highest BCUT2D eigenvalue weighted by atomic mass is 16.2. The molecule has 3 heterocycles. The quantitative estimate of drug-likeness (QED) is 0.587. The molecule has 3 amide bonds. The first-order valence-corrected chi connectivity index (χ1v) is 7.88. The zero-order valence-electron chi connectivity index (χ0n) is 12.0. The van der Waals surface area contributed by atoms with E-state index in [0.717, 1.165) is 25.7 Å². The van der Waals surface area contributed by atoms with Gasteiger partial charge in [-0.3, -0.25) is 4.79 Å². The Balaban J connectivity index is 1.69. The number of rotatable bonds is 1. The van der Waals surface area contributed by atoms with Crippen LogP contribution in [0.25, 0.3) is 0 Å². The summed E-state index contributed by atoms with van der Waals surface area (Å²) in [5.74, 6) is 0.415. The Kier molecular flexibility index (Phi) is 2.94. The third kappa shape index (κ3) is 1.94. The molecule has 1 atom stereocenters. The first-order chi connectivity index (χ1) is 10.3. The number of nitrogens with zero attached hydrogens (tertiary/aromatic N) is 3. The van der Waals surface area contributed by atoms with Crippen molar-refractivity contribution in [2.75, 3.05) is 11.4 Å². The molecular weight excluding hydrogens is 266 g/mol. The fourth-order valence-electron chi connectivity index (χ4n) is 3.74. The van der Waals surface area contributed by atoms with Gasteiger partial charge in [0, 0.05) is 12.7 Å². The van der Waals surface area contributed by atoms with Gasteiger partial charge in [-0.1, -0.05) is 6.42 Å². The Morgan fingerprint density at radius 1 is 1.05 bits per heavy atom. The maximum absolute atomic E-state index is 12.5. The minimum atomic E-state index is -0.252. The van der Waals surface area contributed by atoms with Crippen LogP contribution in [0.5, 0.6) is 0 Å². The van der Waals surface area contributed by atoms with E-state index < -0.39 is 0 Å². The molecule has 1 aromatic rings. The van der Waals surface area contributed by atoms with E-state index in [2.05, 4.69) is 4.98 Å². The van der Waals surface area contributed by atoms with Crippen molar-refractivity contribution in [1.82, 2.24) is 9.88 Å².